The molecule has 110 valence electrons. The molecule has 0 amide bonds. The number of aliphatic carboxylic acids is 1. The number of nitrogens with zero attached hydrogens (tertiary/aromatic N) is 1. The van der Waals surface area contributed by atoms with Crippen LogP contribution in [0, 0.1) is 5.41 Å². The van der Waals surface area contributed by atoms with E-state index in [1.54, 1.807) is 0 Å². The Labute approximate surface area is 125 Å². The first-order valence-electron chi connectivity index (χ1n) is 7.30. The topological polar surface area (TPSA) is 40.5 Å². The molecule has 4 heteroatoms. The van der Waals surface area contributed by atoms with Gasteiger partial charge in [0.2, 0.25) is 0 Å². The summed E-state index contributed by atoms with van der Waals surface area (Å²) in [5.41, 5.74) is -0.518. The Bertz CT molecular complexity index is 437. The van der Waals surface area contributed by atoms with Crippen LogP contribution < -0.4 is 0 Å². The normalized spacial score (nSPS) is 23.6. The van der Waals surface area contributed by atoms with Crippen LogP contribution in [0.3, 0.4) is 0 Å². The highest BCUT2D eigenvalue weighted by Gasteiger charge is 2.40. The number of carboxylic acid groups (broad SMARTS) is 1. The molecule has 1 aromatic rings. The Morgan fingerprint density at radius 1 is 1.40 bits per heavy atom. The summed E-state index contributed by atoms with van der Waals surface area (Å²) in [7, 11) is 0. The zero-order valence-electron chi connectivity index (χ0n) is 12.0. The van der Waals surface area contributed by atoms with Crippen LogP contribution in [-0.2, 0) is 4.79 Å². The van der Waals surface area contributed by atoms with Crippen molar-refractivity contribution in [3.8, 4) is 0 Å². The molecule has 0 bridgehead atoms. The first kappa shape index (κ1) is 15.4. The van der Waals surface area contributed by atoms with Crippen molar-refractivity contribution in [1.82, 2.24) is 4.90 Å². The van der Waals surface area contributed by atoms with Crippen LogP contribution >= 0.6 is 11.8 Å². The fraction of sp³-hybridized carbons (Fsp3) is 0.562. The smallest absolute Gasteiger partial charge is 0.310 e. The van der Waals surface area contributed by atoms with Crippen molar-refractivity contribution in [1.29, 1.82) is 0 Å². The number of likely N-dealkylation sites (tertiary alicyclic amines) is 1. The molecule has 1 atom stereocenters. The quantitative estimate of drug-likeness (QED) is 0.817. The maximum atomic E-state index is 11.5. The fourth-order valence-electron chi connectivity index (χ4n) is 2.84. The third kappa shape index (κ3) is 3.76. The van der Waals surface area contributed by atoms with Crippen LogP contribution in [0.2, 0.25) is 0 Å². The van der Waals surface area contributed by atoms with Gasteiger partial charge in [-0.2, -0.15) is 0 Å². The molecule has 0 saturated carbocycles. The lowest BCUT2D eigenvalue weighted by Gasteiger charge is -2.39. The number of benzene rings is 1. The zero-order chi connectivity index (χ0) is 14.4. The molecule has 1 aliphatic rings. The van der Waals surface area contributed by atoms with Crippen LogP contribution in [-0.4, -0.2) is 41.4 Å². The molecule has 0 radical (unpaired) electrons. The van der Waals surface area contributed by atoms with Crippen molar-refractivity contribution >= 4 is 17.7 Å². The Hall–Kier alpha value is -1.00. The van der Waals surface area contributed by atoms with Gasteiger partial charge in [-0.05, 0) is 37.9 Å². The predicted octanol–water partition coefficient (Wildman–Crippen LogP) is 3.36. The molecule has 1 saturated heterocycles. The molecule has 1 unspecified atom stereocenters. The van der Waals surface area contributed by atoms with E-state index in [1.165, 1.54) is 4.90 Å². The Morgan fingerprint density at radius 3 is 2.80 bits per heavy atom. The Morgan fingerprint density at radius 2 is 2.15 bits per heavy atom. The van der Waals surface area contributed by atoms with Gasteiger partial charge in [0.15, 0.2) is 0 Å². The summed E-state index contributed by atoms with van der Waals surface area (Å²) in [4.78, 5) is 15.1. The summed E-state index contributed by atoms with van der Waals surface area (Å²) in [5, 5.41) is 9.48. The molecule has 1 fully saturated rings. The van der Waals surface area contributed by atoms with Gasteiger partial charge in [0.05, 0.1) is 5.41 Å². The summed E-state index contributed by atoms with van der Waals surface area (Å²) >= 11 is 1.84. The van der Waals surface area contributed by atoms with Gasteiger partial charge in [0, 0.05) is 23.7 Å². The molecule has 1 N–H and O–H groups in total. The van der Waals surface area contributed by atoms with Crippen LogP contribution in [0.15, 0.2) is 35.2 Å². The molecule has 3 nitrogen and oxygen atoms in total. The van der Waals surface area contributed by atoms with Gasteiger partial charge in [0.1, 0.15) is 0 Å². The molecule has 1 aromatic carbocycles. The standard InChI is InChI=1S/C16H23NO2S/c1-2-16(15(18)19)9-6-10-17(13-16)11-12-20-14-7-4-3-5-8-14/h3-5,7-8H,2,6,9-13H2,1H3,(H,18,19). The summed E-state index contributed by atoms with van der Waals surface area (Å²) < 4.78 is 0. The minimum Gasteiger partial charge on any atom is -0.481 e. The molecule has 0 aliphatic carbocycles. The van der Waals surface area contributed by atoms with Crippen molar-refractivity contribution < 1.29 is 9.90 Å². The predicted molar refractivity (Wildman–Crippen MR) is 83.2 cm³/mol. The minimum atomic E-state index is -0.625. The first-order valence-corrected chi connectivity index (χ1v) is 8.28. The van der Waals surface area contributed by atoms with E-state index >= 15 is 0 Å². The third-order valence-corrected chi connectivity index (χ3v) is 5.20. The van der Waals surface area contributed by atoms with Gasteiger partial charge in [-0.25, -0.2) is 0 Å². The summed E-state index contributed by atoms with van der Waals surface area (Å²) in [5.74, 6) is 0.393. The molecule has 2 rings (SSSR count). The highest BCUT2D eigenvalue weighted by molar-refractivity contribution is 7.99. The second-order valence-corrected chi connectivity index (χ2v) is 6.65. The average molecular weight is 293 g/mol. The van der Waals surface area contributed by atoms with E-state index in [-0.39, 0.29) is 0 Å². The second kappa shape index (κ2) is 7.14. The number of carbonyl (C=O) groups is 1. The van der Waals surface area contributed by atoms with Gasteiger partial charge >= 0.3 is 5.97 Å². The summed E-state index contributed by atoms with van der Waals surface area (Å²) in [6.45, 7) is 4.70. The van der Waals surface area contributed by atoms with Gasteiger partial charge < -0.3 is 10.0 Å². The number of hydrogen-bond acceptors (Lipinski definition) is 3. The Balaban J connectivity index is 1.83. The zero-order valence-corrected chi connectivity index (χ0v) is 12.9. The van der Waals surface area contributed by atoms with Crippen LogP contribution in [0.4, 0.5) is 0 Å². The molecule has 0 spiro atoms. The van der Waals surface area contributed by atoms with E-state index in [2.05, 4.69) is 29.2 Å². The van der Waals surface area contributed by atoms with E-state index in [1.807, 2.05) is 24.8 Å². The largest absolute Gasteiger partial charge is 0.481 e. The van der Waals surface area contributed by atoms with Crippen molar-refractivity contribution in [2.45, 2.75) is 31.1 Å². The summed E-state index contributed by atoms with van der Waals surface area (Å²) in [6.07, 6.45) is 2.54. The molecular formula is C16H23NO2S. The second-order valence-electron chi connectivity index (χ2n) is 5.48. The van der Waals surface area contributed by atoms with Crippen molar-refractivity contribution in [3.63, 3.8) is 0 Å². The van der Waals surface area contributed by atoms with Gasteiger partial charge in [-0.1, -0.05) is 25.1 Å². The van der Waals surface area contributed by atoms with E-state index < -0.39 is 11.4 Å². The lowest BCUT2D eigenvalue weighted by molar-refractivity contribution is -0.152. The number of carboxylic acids is 1. The Kier molecular flexibility index (Phi) is 5.49. The van der Waals surface area contributed by atoms with Crippen molar-refractivity contribution in [2.75, 3.05) is 25.4 Å². The van der Waals surface area contributed by atoms with Crippen LogP contribution in [0.25, 0.3) is 0 Å². The number of rotatable bonds is 6. The van der Waals surface area contributed by atoms with Gasteiger partial charge in [-0.15, -0.1) is 11.8 Å². The average Bonchev–Trinajstić information content (AvgIpc) is 2.48. The number of piperidine rings is 1. The monoisotopic (exact) mass is 293 g/mol. The van der Waals surface area contributed by atoms with E-state index in [9.17, 15) is 9.90 Å². The van der Waals surface area contributed by atoms with E-state index in [4.69, 9.17) is 0 Å². The number of hydrogen-bond donors (Lipinski definition) is 1. The van der Waals surface area contributed by atoms with E-state index in [0.29, 0.717) is 6.54 Å². The lowest BCUT2D eigenvalue weighted by Crippen LogP contribution is -2.48. The van der Waals surface area contributed by atoms with Crippen molar-refractivity contribution in [2.24, 2.45) is 5.41 Å². The lowest BCUT2D eigenvalue weighted by atomic mass is 9.78. The molecule has 0 aromatic heterocycles. The fourth-order valence-corrected chi connectivity index (χ4v) is 3.78. The molecule has 20 heavy (non-hydrogen) atoms. The van der Waals surface area contributed by atoms with Crippen molar-refractivity contribution in [3.05, 3.63) is 30.3 Å². The number of thioether (sulfide) groups is 1. The van der Waals surface area contributed by atoms with Gasteiger partial charge in [0.25, 0.3) is 0 Å². The maximum Gasteiger partial charge on any atom is 0.310 e. The molecule has 1 aliphatic heterocycles. The third-order valence-electron chi connectivity index (χ3n) is 4.21. The molecule has 1 heterocycles. The molecular weight excluding hydrogens is 270 g/mol. The first-order chi connectivity index (χ1) is 9.66. The summed E-state index contributed by atoms with van der Waals surface area (Å²) in [6, 6.07) is 10.4. The highest BCUT2D eigenvalue weighted by Crippen LogP contribution is 2.33. The van der Waals surface area contributed by atoms with Crippen LogP contribution in [0.1, 0.15) is 26.2 Å². The highest BCUT2D eigenvalue weighted by atomic mass is 32.2. The minimum absolute atomic E-state index is 0.518. The van der Waals surface area contributed by atoms with Gasteiger partial charge in [-0.3, -0.25) is 4.79 Å². The maximum absolute atomic E-state index is 11.5. The SMILES string of the molecule is CCC1(C(=O)O)CCCN(CCSc2ccccc2)C1. The van der Waals surface area contributed by atoms with Crippen LogP contribution in [0.5, 0.6) is 0 Å². The van der Waals surface area contributed by atoms with E-state index in [0.717, 1.165) is 38.1 Å².